The maximum absolute atomic E-state index is 12.5. The molecule has 0 aliphatic rings. The Labute approximate surface area is 181 Å². The molecule has 0 spiro atoms. The first-order chi connectivity index (χ1) is 14.2. The number of aryl methyl sites for hydroxylation is 1. The van der Waals surface area contributed by atoms with E-state index in [1.54, 1.807) is 12.3 Å². The van der Waals surface area contributed by atoms with Gasteiger partial charge in [0.1, 0.15) is 11.6 Å². The molecular weight excluding hydrogens is 390 g/mol. The second-order valence-electron chi connectivity index (χ2n) is 8.29. The van der Waals surface area contributed by atoms with Crippen LogP contribution in [0.1, 0.15) is 47.9 Å². The number of nitrogens with one attached hydrogen (secondary N) is 1. The molecule has 1 aromatic heterocycles. The Bertz CT molecular complexity index is 1100. The summed E-state index contributed by atoms with van der Waals surface area (Å²) in [4.78, 5) is 17.9. The highest BCUT2D eigenvalue weighted by molar-refractivity contribution is 7.15. The van der Waals surface area contributed by atoms with Gasteiger partial charge in [0.2, 0.25) is 0 Å². The van der Waals surface area contributed by atoms with Crippen molar-refractivity contribution in [3.8, 4) is 6.07 Å². The molecule has 1 heterocycles. The summed E-state index contributed by atoms with van der Waals surface area (Å²) in [7, 11) is 0. The summed E-state index contributed by atoms with van der Waals surface area (Å²) in [5.41, 5.74) is 4.53. The van der Waals surface area contributed by atoms with Gasteiger partial charge in [0.05, 0.1) is 0 Å². The number of carbonyl (C=O) groups is 1. The molecule has 0 fully saturated rings. The minimum Gasteiger partial charge on any atom is -0.297 e. The Morgan fingerprint density at radius 2 is 1.80 bits per heavy atom. The Balaban J connectivity index is 1.68. The summed E-state index contributed by atoms with van der Waals surface area (Å²) in [5.74, 6) is -0.450. The fraction of sp³-hybridized carbons (Fsp3) is 0.240. The van der Waals surface area contributed by atoms with Crippen LogP contribution in [-0.2, 0) is 16.6 Å². The Morgan fingerprint density at radius 3 is 2.40 bits per heavy atom. The number of hydrogen-bond acceptors (Lipinski definition) is 4. The third kappa shape index (κ3) is 5.65. The van der Waals surface area contributed by atoms with Crippen LogP contribution in [0.3, 0.4) is 0 Å². The first-order valence-electron chi connectivity index (χ1n) is 9.78. The van der Waals surface area contributed by atoms with E-state index < -0.39 is 5.91 Å². The molecule has 0 aliphatic carbocycles. The number of benzene rings is 2. The highest BCUT2D eigenvalue weighted by Gasteiger charge is 2.14. The number of thiazole rings is 1. The number of anilines is 1. The van der Waals surface area contributed by atoms with Crippen LogP contribution in [-0.4, -0.2) is 10.9 Å². The van der Waals surface area contributed by atoms with E-state index >= 15 is 0 Å². The van der Waals surface area contributed by atoms with Gasteiger partial charge in [0.15, 0.2) is 5.13 Å². The van der Waals surface area contributed by atoms with E-state index in [1.165, 1.54) is 28.0 Å². The van der Waals surface area contributed by atoms with Crippen LogP contribution in [0.25, 0.3) is 6.08 Å². The number of nitriles is 1. The maximum atomic E-state index is 12.5. The van der Waals surface area contributed by atoms with Gasteiger partial charge in [-0.25, -0.2) is 4.98 Å². The number of rotatable bonds is 5. The van der Waals surface area contributed by atoms with Gasteiger partial charge in [-0.2, -0.15) is 5.26 Å². The standard InChI is InChI=1S/C25H25N3OS/c1-17-5-7-19(8-6-17)14-22-16-27-24(30-22)28-23(29)20(15-26)13-18-9-11-21(12-10-18)25(2,3)4/h5-13,16H,14H2,1-4H3,(H,27,28,29)/b20-13+. The number of carbonyl (C=O) groups excluding carboxylic acids is 1. The van der Waals surface area contributed by atoms with Crippen molar-refractivity contribution in [2.45, 2.75) is 39.5 Å². The molecule has 0 aliphatic heterocycles. The van der Waals surface area contributed by atoms with Crippen LogP contribution < -0.4 is 5.32 Å². The van der Waals surface area contributed by atoms with Crippen molar-refractivity contribution in [1.29, 1.82) is 5.26 Å². The largest absolute Gasteiger partial charge is 0.297 e. The number of amides is 1. The van der Waals surface area contributed by atoms with Gasteiger partial charge in [-0.05, 0) is 35.1 Å². The molecule has 0 saturated carbocycles. The molecule has 3 rings (SSSR count). The van der Waals surface area contributed by atoms with Gasteiger partial charge in [0.25, 0.3) is 5.91 Å². The molecule has 0 radical (unpaired) electrons. The highest BCUT2D eigenvalue weighted by Crippen LogP contribution is 2.24. The lowest BCUT2D eigenvalue weighted by atomic mass is 9.86. The lowest BCUT2D eigenvalue weighted by Gasteiger charge is -2.18. The summed E-state index contributed by atoms with van der Waals surface area (Å²) in [6.07, 6.45) is 4.12. The first-order valence-corrected chi connectivity index (χ1v) is 10.6. The molecule has 4 nitrogen and oxygen atoms in total. The Kier molecular flexibility index (Phi) is 6.49. The van der Waals surface area contributed by atoms with E-state index in [9.17, 15) is 10.1 Å². The van der Waals surface area contributed by atoms with Crippen molar-refractivity contribution in [3.63, 3.8) is 0 Å². The zero-order chi connectivity index (χ0) is 21.7. The highest BCUT2D eigenvalue weighted by atomic mass is 32.1. The van der Waals surface area contributed by atoms with E-state index in [-0.39, 0.29) is 11.0 Å². The molecule has 1 N–H and O–H groups in total. The smallest absolute Gasteiger partial charge is 0.268 e. The average Bonchev–Trinajstić information content (AvgIpc) is 3.14. The summed E-state index contributed by atoms with van der Waals surface area (Å²) < 4.78 is 0. The molecule has 5 heteroatoms. The molecule has 0 bridgehead atoms. The molecule has 0 atom stereocenters. The second-order valence-corrected chi connectivity index (χ2v) is 9.41. The minimum absolute atomic E-state index is 0.0498. The molecule has 2 aromatic carbocycles. The molecule has 3 aromatic rings. The summed E-state index contributed by atoms with van der Waals surface area (Å²) in [6.45, 7) is 8.50. The average molecular weight is 416 g/mol. The Morgan fingerprint density at radius 1 is 1.13 bits per heavy atom. The summed E-state index contributed by atoms with van der Waals surface area (Å²) in [5, 5.41) is 12.7. The van der Waals surface area contributed by atoms with E-state index in [1.807, 2.05) is 30.3 Å². The summed E-state index contributed by atoms with van der Waals surface area (Å²) >= 11 is 1.42. The molecule has 30 heavy (non-hydrogen) atoms. The van der Waals surface area contributed by atoms with Crippen molar-refractivity contribution in [3.05, 3.63) is 87.4 Å². The minimum atomic E-state index is -0.450. The third-order valence-electron chi connectivity index (χ3n) is 4.73. The van der Waals surface area contributed by atoms with E-state index in [0.29, 0.717) is 5.13 Å². The van der Waals surface area contributed by atoms with Crippen LogP contribution in [0.2, 0.25) is 0 Å². The van der Waals surface area contributed by atoms with Crippen molar-refractivity contribution >= 4 is 28.5 Å². The van der Waals surface area contributed by atoms with Crippen LogP contribution in [0.5, 0.6) is 0 Å². The van der Waals surface area contributed by atoms with Gasteiger partial charge < -0.3 is 0 Å². The molecule has 152 valence electrons. The fourth-order valence-electron chi connectivity index (χ4n) is 2.91. The number of nitrogens with zero attached hydrogens (tertiary/aromatic N) is 2. The quantitative estimate of drug-likeness (QED) is 0.418. The third-order valence-corrected chi connectivity index (χ3v) is 5.64. The van der Waals surface area contributed by atoms with E-state index in [4.69, 9.17) is 0 Å². The van der Waals surface area contributed by atoms with Crippen LogP contribution >= 0.6 is 11.3 Å². The monoisotopic (exact) mass is 415 g/mol. The molecule has 0 saturated heterocycles. The van der Waals surface area contributed by atoms with Gasteiger partial charge in [0, 0.05) is 17.5 Å². The summed E-state index contributed by atoms with van der Waals surface area (Å²) in [6, 6.07) is 18.2. The lowest BCUT2D eigenvalue weighted by Crippen LogP contribution is -2.13. The topological polar surface area (TPSA) is 65.8 Å². The zero-order valence-electron chi connectivity index (χ0n) is 17.7. The van der Waals surface area contributed by atoms with Crippen molar-refractivity contribution in [2.24, 2.45) is 0 Å². The van der Waals surface area contributed by atoms with Crippen molar-refractivity contribution in [1.82, 2.24) is 4.98 Å². The molecule has 0 unspecified atom stereocenters. The van der Waals surface area contributed by atoms with E-state index in [0.717, 1.165) is 16.9 Å². The SMILES string of the molecule is Cc1ccc(Cc2cnc(NC(=O)/C(C#N)=C/c3ccc(C(C)(C)C)cc3)s2)cc1. The van der Waals surface area contributed by atoms with Crippen LogP contribution in [0.15, 0.2) is 60.3 Å². The maximum Gasteiger partial charge on any atom is 0.268 e. The van der Waals surface area contributed by atoms with E-state index in [2.05, 4.69) is 62.3 Å². The number of aromatic nitrogens is 1. The van der Waals surface area contributed by atoms with Crippen molar-refractivity contribution in [2.75, 3.05) is 5.32 Å². The normalized spacial score (nSPS) is 11.8. The number of hydrogen-bond donors (Lipinski definition) is 1. The van der Waals surface area contributed by atoms with Gasteiger partial charge in [-0.3, -0.25) is 10.1 Å². The molecule has 1 amide bonds. The van der Waals surface area contributed by atoms with Gasteiger partial charge in [-0.1, -0.05) is 74.9 Å². The van der Waals surface area contributed by atoms with Crippen molar-refractivity contribution < 1.29 is 4.79 Å². The zero-order valence-corrected chi connectivity index (χ0v) is 18.5. The molecular formula is C25H25N3OS. The predicted molar refractivity (Wildman–Crippen MR) is 123 cm³/mol. The predicted octanol–water partition coefficient (Wildman–Crippen LogP) is 5.89. The Hall–Kier alpha value is -3.23. The fourth-order valence-corrected chi connectivity index (χ4v) is 3.75. The van der Waals surface area contributed by atoms with Crippen LogP contribution in [0.4, 0.5) is 5.13 Å². The lowest BCUT2D eigenvalue weighted by molar-refractivity contribution is -0.112. The van der Waals surface area contributed by atoms with Crippen LogP contribution in [0, 0.1) is 18.3 Å². The first kappa shape index (κ1) is 21.5. The van der Waals surface area contributed by atoms with Gasteiger partial charge in [-0.15, -0.1) is 11.3 Å². The van der Waals surface area contributed by atoms with Gasteiger partial charge >= 0.3 is 0 Å². The second kappa shape index (κ2) is 9.06.